The first-order valence-corrected chi connectivity index (χ1v) is 10.5. The van der Waals surface area contributed by atoms with Gasteiger partial charge in [-0.25, -0.2) is 0 Å². The van der Waals surface area contributed by atoms with Gasteiger partial charge in [-0.05, 0) is 29.0 Å². The highest BCUT2D eigenvalue weighted by molar-refractivity contribution is 6.06. The van der Waals surface area contributed by atoms with Crippen molar-refractivity contribution >= 4 is 16.7 Å². The standard InChI is InChI=1S/C25H26N2O2/c1-2-19-16-22-23(21-11-7-6-10-20(19)21)29-25(26-24(22)28)12-14-27(15-13-25)17-18-8-4-3-5-9-18/h3-11,16H,2,12-15,17H2,1H3,(H,26,28). The van der Waals surface area contributed by atoms with Crippen LogP contribution in [0.25, 0.3) is 10.8 Å². The molecule has 4 nitrogen and oxygen atoms in total. The Balaban J connectivity index is 1.42. The lowest BCUT2D eigenvalue weighted by molar-refractivity contribution is -0.0293. The first kappa shape index (κ1) is 18.2. The highest BCUT2D eigenvalue weighted by Crippen LogP contribution is 2.40. The average Bonchev–Trinajstić information content (AvgIpc) is 2.76. The van der Waals surface area contributed by atoms with Gasteiger partial charge in [0.05, 0.1) is 5.56 Å². The van der Waals surface area contributed by atoms with Crippen LogP contribution in [-0.4, -0.2) is 29.6 Å². The minimum Gasteiger partial charge on any atom is -0.467 e. The van der Waals surface area contributed by atoms with E-state index in [2.05, 4.69) is 59.6 Å². The van der Waals surface area contributed by atoms with Crippen LogP contribution in [0.2, 0.25) is 0 Å². The van der Waals surface area contributed by atoms with Gasteiger partial charge in [0.1, 0.15) is 5.75 Å². The highest BCUT2D eigenvalue weighted by Gasteiger charge is 2.43. The summed E-state index contributed by atoms with van der Waals surface area (Å²) in [5, 5.41) is 5.43. The van der Waals surface area contributed by atoms with Gasteiger partial charge in [0.25, 0.3) is 5.91 Å². The number of likely N-dealkylation sites (tertiary alicyclic amines) is 1. The van der Waals surface area contributed by atoms with Gasteiger partial charge in [-0.15, -0.1) is 0 Å². The number of hydrogen-bond donors (Lipinski definition) is 1. The van der Waals surface area contributed by atoms with Crippen molar-refractivity contribution in [3.05, 3.63) is 77.4 Å². The van der Waals surface area contributed by atoms with Gasteiger partial charge >= 0.3 is 0 Å². The average molecular weight is 386 g/mol. The van der Waals surface area contributed by atoms with Crippen LogP contribution in [0, 0.1) is 0 Å². The number of carbonyl (C=O) groups excluding carboxylic acids is 1. The molecule has 0 unspecified atom stereocenters. The van der Waals surface area contributed by atoms with Crippen molar-refractivity contribution in [2.75, 3.05) is 13.1 Å². The summed E-state index contributed by atoms with van der Waals surface area (Å²) in [6, 6.07) is 20.8. The van der Waals surface area contributed by atoms with Crippen LogP contribution in [0.1, 0.15) is 41.3 Å². The van der Waals surface area contributed by atoms with E-state index in [4.69, 9.17) is 4.74 Å². The van der Waals surface area contributed by atoms with E-state index in [1.807, 2.05) is 18.2 Å². The Morgan fingerprint density at radius 1 is 1.00 bits per heavy atom. The van der Waals surface area contributed by atoms with E-state index in [1.165, 1.54) is 16.5 Å². The zero-order chi connectivity index (χ0) is 19.8. The molecule has 1 amide bonds. The van der Waals surface area contributed by atoms with Gasteiger partial charge in [-0.1, -0.05) is 61.5 Å². The first-order chi connectivity index (χ1) is 14.2. The number of benzene rings is 3. The molecule has 0 bridgehead atoms. The van der Waals surface area contributed by atoms with Gasteiger partial charge in [-0.2, -0.15) is 0 Å². The lowest BCUT2D eigenvalue weighted by Gasteiger charge is -2.45. The fraction of sp³-hybridized carbons (Fsp3) is 0.320. The van der Waals surface area contributed by atoms with Crippen molar-refractivity contribution in [1.29, 1.82) is 0 Å². The first-order valence-electron chi connectivity index (χ1n) is 10.5. The summed E-state index contributed by atoms with van der Waals surface area (Å²) in [7, 11) is 0. The maximum absolute atomic E-state index is 13.0. The summed E-state index contributed by atoms with van der Waals surface area (Å²) in [5.74, 6) is 0.737. The van der Waals surface area contributed by atoms with Crippen LogP contribution in [0.5, 0.6) is 5.75 Å². The molecule has 2 aliphatic heterocycles. The Labute approximate surface area is 171 Å². The van der Waals surface area contributed by atoms with Crippen molar-refractivity contribution in [3.63, 3.8) is 0 Å². The number of nitrogens with zero attached hydrogens (tertiary/aromatic N) is 1. The fourth-order valence-electron chi connectivity index (χ4n) is 4.63. The summed E-state index contributed by atoms with van der Waals surface area (Å²) in [6.07, 6.45) is 2.46. The number of piperidine rings is 1. The minimum absolute atomic E-state index is 0.0109. The van der Waals surface area contributed by atoms with Crippen LogP contribution >= 0.6 is 0 Å². The molecule has 5 rings (SSSR count). The normalized spacial score (nSPS) is 18.3. The molecular weight excluding hydrogens is 360 g/mol. The number of aryl methyl sites for hydroxylation is 1. The van der Waals surface area contributed by atoms with Gasteiger partial charge in [0.15, 0.2) is 5.72 Å². The smallest absolute Gasteiger partial charge is 0.258 e. The molecule has 148 valence electrons. The van der Waals surface area contributed by atoms with E-state index in [9.17, 15) is 4.79 Å². The molecule has 1 N–H and O–H groups in total. The van der Waals surface area contributed by atoms with Crippen LogP contribution in [0.3, 0.4) is 0 Å². The molecule has 0 aliphatic carbocycles. The molecule has 2 aliphatic rings. The topological polar surface area (TPSA) is 41.6 Å². The van der Waals surface area contributed by atoms with E-state index in [0.29, 0.717) is 5.56 Å². The molecule has 2 heterocycles. The van der Waals surface area contributed by atoms with Crippen molar-refractivity contribution in [2.45, 2.75) is 38.5 Å². The number of nitrogens with one attached hydrogen (secondary N) is 1. The third-order valence-corrected chi connectivity index (χ3v) is 6.26. The number of fused-ring (bicyclic) bond motifs is 3. The predicted molar refractivity (Wildman–Crippen MR) is 115 cm³/mol. The summed E-state index contributed by atoms with van der Waals surface area (Å²) < 4.78 is 6.58. The van der Waals surface area contributed by atoms with Crippen molar-refractivity contribution in [2.24, 2.45) is 0 Å². The Morgan fingerprint density at radius 3 is 2.41 bits per heavy atom. The number of hydrogen-bond acceptors (Lipinski definition) is 3. The molecule has 29 heavy (non-hydrogen) atoms. The Kier molecular flexibility index (Phi) is 4.51. The number of rotatable bonds is 3. The summed E-state index contributed by atoms with van der Waals surface area (Å²) in [6.45, 7) is 4.86. The maximum Gasteiger partial charge on any atom is 0.258 e. The fourth-order valence-corrected chi connectivity index (χ4v) is 4.63. The number of ether oxygens (including phenoxy) is 1. The SMILES string of the molecule is CCc1cc2c(c3ccccc13)OC1(CCN(Cc3ccccc3)CC1)NC2=O. The molecule has 1 spiro atoms. The zero-order valence-corrected chi connectivity index (χ0v) is 16.8. The van der Waals surface area contributed by atoms with E-state index in [0.717, 1.165) is 50.0 Å². The number of carbonyl (C=O) groups is 1. The van der Waals surface area contributed by atoms with E-state index in [-0.39, 0.29) is 5.91 Å². The minimum atomic E-state index is -0.603. The van der Waals surface area contributed by atoms with E-state index < -0.39 is 5.72 Å². The summed E-state index contributed by atoms with van der Waals surface area (Å²) in [4.78, 5) is 15.5. The quantitative estimate of drug-likeness (QED) is 0.720. The van der Waals surface area contributed by atoms with E-state index >= 15 is 0 Å². The van der Waals surface area contributed by atoms with Gasteiger partial charge in [0.2, 0.25) is 0 Å². The largest absolute Gasteiger partial charge is 0.467 e. The Hall–Kier alpha value is -2.85. The van der Waals surface area contributed by atoms with Crippen LogP contribution < -0.4 is 10.1 Å². The third kappa shape index (κ3) is 3.28. The van der Waals surface area contributed by atoms with Crippen molar-refractivity contribution < 1.29 is 9.53 Å². The third-order valence-electron chi connectivity index (χ3n) is 6.26. The Bertz CT molecular complexity index is 1050. The molecule has 4 heteroatoms. The van der Waals surface area contributed by atoms with Crippen LogP contribution in [0.4, 0.5) is 0 Å². The molecule has 0 saturated carbocycles. The van der Waals surface area contributed by atoms with Gasteiger partial charge in [0, 0.05) is 37.9 Å². The summed E-state index contributed by atoms with van der Waals surface area (Å²) >= 11 is 0. The maximum atomic E-state index is 13.0. The van der Waals surface area contributed by atoms with E-state index in [1.54, 1.807) is 0 Å². The zero-order valence-electron chi connectivity index (χ0n) is 16.8. The number of amides is 1. The van der Waals surface area contributed by atoms with Crippen molar-refractivity contribution in [1.82, 2.24) is 10.2 Å². The molecule has 0 atom stereocenters. The van der Waals surface area contributed by atoms with Crippen molar-refractivity contribution in [3.8, 4) is 5.75 Å². The van der Waals surface area contributed by atoms with Gasteiger partial charge in [-0.3, -0.25) is 9.69 Å². The molecule has 1 saturated heterocycles. The second-order valence-corrected chi connectivity index (χ2v) is 8.12. The lowest BCUT2D eigenvalue weighted by atomic mass is 9.93. The second kappa shape index (κ2) is 7.20. The van der Waals surface area contributed by atoms with Crippen LogP contribution in [-0.2, 0) is 13.0 Å². The molecule has 0 radical (unpaired) electrons. The Morgan fingerprint density at radius 2 is 1.69 bits per heavy atom. The van der Waals surface area contributed by atoms with Gasteiger partial charge < -0.3 is 10.1 Å². The molecule has 1 fully saturated rings. The molecule has 0 aromatic heterocycles. The lowest BCUT2D eigenvalue weighted by Crippen LogP contribution is -2.61. The summed E-state index contributed by atoms with van der Waals surface area (Å²) in [5.41, 5.74) is 2.57. The monoisotopic (exact) mass is 386 g/mol. The molecular formula is C25H26N2O2. The molecule has 3 aromatic carbocycles. The highest BCUT2D eigenvalue weighted by atomic mass is 16.5. The second-order valence-electron chi connectivity index (χ2n) is 8.12. The van der Waals surface area contributed by atoms with Crippen LogP contribution in [0.15, 0.2) is 60.7 Å². The molecule has 3 aromatic rings. The predicted octanol–water partition coefficient (Wildman–Crippen LogP) is 4.52.